The minimum absolute atomic E-state index is 0.0413. The lowest BCUT2D eigenvalue weighted by molar-refractivity contribution is -0.147. The van der Waals surface area contributed by atoms with Gasteiger partial charge in [-0.1, -0.05) is 0 Å². The SMILES string of the molecule is CO[C@H]1CCN(C(=O)C2(O)CC2)C[C@H]1F. The van der Waals surface area contributed by atoms with Crippen molar-refractivity contribution in [1.29, 1.82) is 0 Å². The first-order valence-electron chi connectivity index (χ1n) is 5.25. The number of carbonyl (C=O) groups is 1. The van der Waals surface area contributed by atoms with Crippen molar-refractivity contribution in [3.8, 4) is 0 Å². The van der Waals surface area contributed by atoms with E-state index in [1.165, 1.54) is 12.0 Å². The fourth-order valence-electron chi connectivity index (χ4n) is 1.96. The highest BCUT2D eigenvalue weighted by molar-refractivity contribution is 5.87. The first-order valence-corrected chi connectivity index (χ1v) is 5.25. The van der Waals surface area contributed by atoms with E-state index in [-0.39, 0.29) is 12.5 Å². The van der Waals surface area contributed by atoms with Crippen molar-refractivity contribution < 1.29 is 19.0 Å². The van der Waals surface area contributed by atoms with Gasteiger partial charge in [-0.2, -0.15) is 0 Å². The Bertz CT molecular complexity index is 267. The van der Waals surface area contributed by atoms with Gasteiger partial charge in [-0.25, -0.2) is 4.39 Å². The molecule has 0 spiro atoms. The first kappa shape index (κ1) is 10.8. The molecule has 1 aliphatic heterocycles. The molecule has 2 rings (SSSR count). The summed E-state index contributed by atoms with van der Waals surface area (Å²) >= 11 is 0. The molecule has 2 fully saturated rings. The molecule has 1 saturated heterocycles. The summed E-state index contributed by atoms with van der Waals surface area (Å²) in [5.41, 5.74) is -1.18. The van der Waals surface area contributed by atoms with Gasteiger partial charge in [-0.05, 0) is 19.3 Å². The fraction of sp³-hybridized carbons (Fsp3) is 0.900. The van der Waals surface area contributed by atoms with Gasteiger partial charge in [0.2, 0.25) is 0 Å². The summed E-state index contributed by atoms with van der Waals surface area (Å²) in [7, 11) is 1.48. The summed E-state index contributed by atoms with van der Waals surface area (Å²) in [6.45, 7) is 0.514. The second-order valence-electron chi connectivity index (χ2n) is 4.36. The maximum absolute atomic E-state index is 13.5. The number of nitrogens with zero attached hydrogens (tertiary/aromatic N) is 1. The van der Waals surface area contributed by atoms with Crippen LogP contribution in [0.15, 0.2) is 0 Å². The summed E-state index contributed by atoms with van der Waals surface area (Å²) in [5.74, 6) is -0.320. The van der Waals surface area contributed by atoms with E-state index in [1.54, 1.807) is 0 Å². The van der Waals surface area contributed by atoms with E-state index in [9.17, 15) is 14.3 Å². The van der Waals surface area contributed by atoms with E-state index >= 15 is 0 Å². The van der Waals surface area contributed by atoms with Crippen molar-refractivity contribution in [2.75, 3.05) is 20.2 Å². The third-order valence-corrected chi connectivity index (χ3v) is 3.19. The van der Waals surface area contributed by atoms with E-state index in [0.717, 1.165) is 0 Å². The second kappa shape index (κ2) is 3.72. The van der Waals surface area contributed by atoms with Crippen LogP contribution in [0.1, 0.15) is 19.3 Å². The number of aliphatic hydroxyl groups is 1. The quantitative estimate of drug-likeness (QED) is 0.713. The normalized spacial score (nSPS) is 33.9. The molecule has 0 aromatic rings. The molecule has 0 bridgehead atoms. The Morgan fingerprint density at radius 3 is 2.73 bits per heavy atom. The lowest BCUT2D eigenvalue weighted by atomic mass is 10.0. The second-order valence-corrected chi connectivity index (χ2v) is 4.36. The van der Waals surface area contributed by atoms with Crippen molar-refractivity contribution >= 4 is 5.91 Å². The van der Waals surface area contributed by atoms with Gasteiger partial charge >= 0.3 is 0 Å². The first-order chi connectivity index (χ1) is 7.07. The number of alkyl halides is 1. The third kappa shape index (κ3) is 1.99. The lowest BCUT2D eigenvalue weighted by Crippen LogP contribution is -2.51. The molecule has 0 aromatic heterocycles. The maximum atomic E-state index is 13.5. The summed E-state index contributed by atoms with van der Waals surface area (Å²) in [5, 5.41) is 9.61. The minimum atomic E-state index is -1.18. The lowest BCUT2D eigenvalue weighted by Gasteiger charge is -2.35. The molecule has 5 heteroatoms. The Balaban J connectivity index is 1.93. The van der Waals surface area contributed by atoms with Gasteiger partial charge < -0.3 is 14.7 Å². The Morgan fingerprint density at radius 2 is 2.27 bits per heavy atom. The molecule has 1 N–H and O–H groups in total. The van der Waals surface area contributed by atoms with Crippen LogP contribution in [0.4, 0.5) is 4.39 Å². The third-order valence-electron chi connectivity index (χ3n) is 3.19. The molecular formula is C10H16FNO3. The molecule has 0 radical (unpaired) electrons. The van der Waals surface area contributed by atoms with Gasteiger partial charge in [-0.3, -0.25) is 4.79 Å². The molecule has 2 aliphatic rings. The maximum Gasteiger partial charge on any atom is 0.254 e. The van der Waals surface area contributed by atoms with E-state index in [4.69, 9.17) is 4.74 Å². The van der Waals surface area contributed by atoms with Gasteiger partial charge in [-0.15, -0.1) is 0 Å². The van der Waals surface area contributed by atoms with Crippen molar-refractivity contribution in [2.45, 2.75) is 37.1 Å². The molecule has 86 valence electrons. The molecule has 15 heavy (non-hydrogen) atoms. The number of likely N-dealkylation sites (tertiary alicyclic amines) is 1. The number of amides is 1. The van der Waals surface area contributed by atoms with Crippen LogP contribution in [0.3, 0.4) is 0 Å². The zero-order valence-electron chi connectivity index (χ0n) is 8.78. The van der Waals surface area contributed by atoms with Gasteiger partial charge in [0.25, 0.3) is 5.91 Å². The van der Waals surface area contributed by atoms with Crippen molar-refractivity contribution in [2.24, 2.45) is 0 Å². The van der Waals surface area contributed by atoms with Crippen LogP contribution >= 0.6 is 0 Å². The molecule has 1 heterocycles. The molecule has 2 atom stereocenters. The summed E-state index contributed by atoms with van der Waals surface area (Å²) in [6, 6.07) is 0. The van der Waals surface area contributed by atoms with Crippen molar-refractivity contribution in [3.63, 3.8) is 0 Å². The van der Waals surface area contributed by atoms with Crippen LogP contribution in [0.5, 0.6) is 0 Å². The van der Waals surface area contributed by atoms with Crippen LogP contribution in [-0.4, -0.2) is 54.0 Å². The van der Waals surface area contributed by atoms with Crippen LogP contribution in [0.2, 0.25) is 0 Å². The predicted octanol–water partition coefficient (Wildman–Crippen LogP) is 0.0967. The van der Waals surface area contributed by atoms with Crippen LogP contribution in [-0.2, 0) is 9.53 Å². The molecule has 0 aromatic carbocycles. The van der Waals surface area contributed by atoms with Crippen LogP contribution in [0, 0.1) is 0 Å². The molecule has 1 amide bonds. The number of hydrogen-bond donors (Lipinski definition) is 1. The topological polar surface area (TPSA) is 49.8 Å². The Kier molecular flexibility index (Phi) is 2.68. The average molecular weight is 217 g/mol. The highest BCUT2D eigenvalue weighted by Gasteiger charge is 2.51. The Labute approximate surface area is 88.0 Å². The number of methoxy groups -OCH3 is 1. The largest absolute Gasteiger partial charge is 0.380 e. The van der Waals surface area contributed by atoms with Gasteiger partial charge in [0.05, 0.1) is 12.6 Å². The average Bonchev–Trinajstić information content (AvgIpc) is 2.96. The summed E-state index contributed by atoms with van der Waals surface area (Å²) < 4.78 is 18.4. The van der Waals surface area contributed by atoms with Crippen molar-refractivity contribution in [3.05, 3.63) is 0 Å². The summed E-state index contributed by atoms with van der Waals surface area (Å²) in [4.78, 5) is 13.1. The number of ether oxygens (including phenoxy) is 1. The predicted molar refractivity (Wildman–Crippen MR) is 51.1 cm³/mol. The van der Waals surface area contributed by atoms with Gasteiger partial charge in [0.15, 0.2) is 0 Å². The van der Waals surface area contributed by atoms with E-state index in [2.05, 4.69) is 0 Å². The number of hydrogen-bond acceptors (Lipinski definition) is 3. The zero-order chi connectivity index (χ0) is 11.1. The number of carbonyl (C=O) groups excluding carboxylic acids is 1. The van der Waals surface area contributed by atoms with E-state index in [1.807, 2.05) is 0 Å². The Hall–Kier alpha value is -0.680. The van der Waals surface area contributed by atoms with Crippen LogP contribution < -0.4 is 0 Å². The highest BCUT2D eigenvalue weighted by Crippen LogP contribution is 2.37. The van der Waals surface area contributed by atoms with E-state index < -0.39 is 17.9 Å². The molecule has 0 unspecified atom stereocenters. The van der Waals surface area contributed by atoms with Gasteiger partial charge in [0, 0.05) is 13.7 Å². The van der Waals surface area contributed by atoms with Gasteiger partial charge in [0.1, 0.15) is 11.8 Å². The fourth-order valence-corrected chi connectivity index (χ4v) is 1.96. The van der Waals surface area contributed by atoms with Crippen molar-refractivity contribution in [1.82, 2.24) is 4.90 Å². The summed E-state index contributed by atoms with van der Waals surface area (Å²) in [6.07, 6.45) is -0.0441. The number of piperidine rings is 1. The highest BCUT2D eigenvalue weighted by atomic mass is 19.1. The monoisotopic (exact) mass is 217 g/mol. The van der Waals surface area contributed by atoms with E-state index in [0.29, 0.717) is 25.8 Å². The Morgan fingerprint density at radius 1 is 1.60 bits per heavy atom. The number of halogens is 1. The minimum Gasteiger partial charge on any atom is -0.380 e. The zero-order valence-corrected chi connectivity index (χ0v) is 8.78. The smallest absolute Gasteiger partial charge is 0.254 e. The standard InChI is InChI=1S/C10H16FNO3/c1-15-8-2-5-12(6-7(8)11)9(13)10(14)3-4-10/h7-8,14H,2-6H2,1H3/t7-,8+/m1/s1. The number of rotatable bonds is 2. The molecule has 1 aliphatic carbocycles. The van der Waals surface area contributed by atoms with Crippen LogP contribution in [0.25, 0.3) is 0 Å². The molecular weight excluding hydrogens is 201 g/mol. The molecule has 4 nitrogen and oxygen atoms in total. The molecule has 1 saturated carbocycles.